The number of rotatable bonds is 6. The molecule has 1 aromatic carbocycles. The Hall–Kier alpha value is -1.66. The molecule has 6 atom stereocenters. The summed E-state index contributed by atoms with van der Waals surface area (Å²) >= 11 is 1.65. The van der Waals surface area contributed by atoms with Crippen molar-refractivity contribution in [3.05, 3.63) is 17.7 Å². The Labute approximate surface area is 231 Å². The van der Waals surface area contributed by atoms with E-state index < -0.39 is 12.0 Å². The molecule has 2 bridgehead atoms. The fourth-order valence-corrected chi connectivity index (χ4v) is 6.65. The Morgan fingerprint density at radius 2 is 2.13 bits per heavy atom. The summed E-state index contributed by atoms with van der Waals surface area (Å²) in [6, 6.07) is 4.10. The Balaban J connectivity index is 1.21. The van der Waals surface area contributed by atoms with E-state index in [9.17, 15) is 4.79 Å². The van der Waals surface area contributed by atoms with Crippen molar-refractivity contribution in [2.45, 2.75) is 74.8 Å². The van der Waals surface area contributed by atoms with Crippen molar-refractivity contribution in [1.82, 2.24) is 9.62 Å². The van der Waals surface area contributed by atoms with Crippen LogP contribution in [-0.2, 0) is 25.4 Å². The Bertz CT molecular complexity index is 956. The van der Waals surface area contributed by atoms with Crippen LogP contribution in [-0.4, -0.2) is 89.3 Å². The predicted octanol–water partition coefficient (Wildman–Crippen LogP) is 3.52. The molecule has 2 fully saturated rings. The first kappa shape index (κ1) is 27.9. The average molecular weight is 546 g/mol. The van der Waals surface area contributed by atoms with Crippen LogP contribution in [0.5, 0.6) is 11.5 Å². The summed E-state index contributed by atoms with van der Waals surface area (Å²) < 4.78 is 37.1. The Morgan fingerprint density at radius 1 is 1.24 bits per heavy atom. The summed E-state index contributed by atoms with van der Waals surface area (Å²) in [7, 11) is 8.00. The monoisotopic (exact) mass is 546 g/mol. The van der Waals surface area contributed by atoms with Gasteiger partial charge in [0.15, 0.2) is 6.29 Å². The first-order chi connectivity index (χ1) is 18.5. The summed E-state index contributed by atoms with van der Waals surface area (Å²) in [6.45, 7) is 6.00. The maximum absolute atomic E-state index is 12.5. The molecule has 9 nitrogen and oxygen atoms in total. The van der Waals surface area contributed by atoms with Crippen LogP contribution in [0.1, 0.15) is 44.6 Å². The SMILES string of the molecule is [B]C(CCN1CCOCCCCC2Oc3c(ccc(OC)c3CC2C)S1)NC(=O)OC1COC2OCCC12. The maximum atomic E-state index is 12.5. The van der Waals surface area contributed by atoms with E-state index in [1.54, 1.807) is 19.1 Å². The normalized spacial score (nSPS) is 30.6. The summed E-state index contributed by atoms with van der Waals surface area (Å²) in [6.07, 6.45) is 4.56. The number of hydrogen-bond acceptors (Lipinski definition) is 9. The van der Waals surface area contributed by atoms with Gasteiger partial charge >= 0.3 is 6.09 Å². The van der Waals surface area contributed by atoms with E-state index in [0.717, 1.165) is 67.2 Å². The van der Waals surface area contributed by atoms with Crippen molar-refractivity contribution in [3.8, 4) is 11.5 Å². The fourth-order valence-electron chi connectivity index (χ4n) is 5.62. The number of ether oxygens (including phenoxy) is 6. The quantitative estimate of drug-likeness (QED) is 0.426. The van der Waals surface area contributed by atoms with Gasteiger partial charge in [0.05, 0.1) is 45.6 Å². The highest BCUT2D eigenvalue weighted by molar-refractivity contribution is 7.97. The molecule has 5 rings (SSSR count). The van der Waals surface area contributed by atoms with Gasteiger partial charge in [-0.3, -0.25) is 0 Å². The van der Waals surface area contributed by atoms with Gasteiger partial charge in [-0.25, -0.2) is 9.10 Å². The van der Waals surface area contributed by atoms with E-state index in [-0.39, 0.29) is 24.4 Å². The second-order valence-corrected chi connectivity index (χ2v) is 11.7. The highest BCUT2D eigenvalue weighted by Gasteiger charge is 2.44. The number of nitrogens with one attached hydrogen (secondary N) is 1. The van der Waals surface area contributed by atoms with E-state index in [1.807, 2.05) is 6.07 Å². The third-order valence-corrected chi connectivity index (χ3v) is 8.95. The van der Waals surface area contributed by atoms with Crippen LogP contribution < -0.4 is 14.8 Å². The van der Waals surface area contributed by atoms with E-state index in [0.29, 0.717) is 38.7 Å². The molecule has 4 aliphatic rings. The highest BCUT2D eigenvalue weighted by atomic mass is 32.2. The van der Waals surface area contributed by atoms with Gasteiger partial charge in [0.2, 0.25) is 0 Å². The molecule has 0 spiro atoms. The van der Waals surface area contributed by atoms with Gasteiger partial charge in [-0.2, -0.15) is 0 Å². The molecule has 0 aliphatic carbocycles. The van der Waals surface area contributed by atoms with Gasteiger partial charge in [0, 0.05) is 25.3 Å². The number of carbonyl (C=O) groups is 1. The van der Waals surface area contributed by atoms with Gasteiger partial charge in [0.1, 0.15) is 23.7 Å². The highest BCUT2D eigenvalue weighted by Crippen LogP contribution is 2.45. The molecule has 38 heavy (non-hydrogen) atoms. The zero-order valence-electron chi connectivity index (χ0n) is 22.4. The Kier molecular flexibility index (Phi) is 9.64. The van der Waals surface area contributed by atoms with Crippen LogP contribution in [0.25, 0.3) is 0 Å². The van der Waals surface area contributed by atoms with Gasteiger partial charge < -0.3 is 33.7 Å². The zero-order chi connectivity index (χ0) is 26.5. The lowest BCUT2D eigenvalue weighted by Gasteiger charge is -2.34. The van der Waals surface area contributed by atoms with Gasteiger partial charge in [-0.15, -0.1) is 0 Å². The number of methoxy groups -OCH3 is 1. The topological polar surface area (TPSA) is 87.7 Å². The van der Waals surface area contributed by atoms with Crippen LogP contribution in [0.2, 0.25) is 0 Å². The number of nitrogens with zero attached hydrogens (tertiary/aromatic N) is 1. The molecular weight excluding hydrogens is 507 g/mol. The minimum absolute atomic E-state index is 0.0973. The number of alkyl carbamates (subject to hydrolysis) is 1. The van der Waals surface area contributed by atoms with Crippen molar-refractivity contribution >= 4 is 25.9 Å². The van der Waals surface area contributed by atoms with Crippen molar-refractivity contribution in [3.63, 3.8) is 0 Å². The average Bonchev–Trinajstić information content (AvgIpc) is 3.52. The Morgan fingerprint density at radius 3 is 3.00 bits per heavy atom. The van der Waals surface area contributed by atoms with E-state index in [4.69, 9.17) is 36.3 Å². The standard InChI is InChI=1S/C27H39BN2O7S/c1-17-15-19-21(32-2)6-7-23-25(19)36-20(17)5-3-4-12-33-14-11-30(38-23)10-8-24(28)29-27(31)37-22-16-35-26-18(22)9-13-34-26/h6-7,17-18,20,22,24,26H,3-5,8-16H2,1-2H3,(H,29,31). The number of carbonyl (C=O) groups excluding carboxylic acids is 1. The van der Waals surface area contributed by atoms with E-state index in [2.05, 4.69) is 22.6 Å². The van der Waals surface area contributed by atoms with Gasteiger partial charge in [-0.1, -0.05) is 6.92 Å². The first-order valence-electron chi connectivity index (χ1n) is 13.8. The fraction of sp³-hybridized carbons (Fsp3) is 0.741. The molecule has 2 saturated heterocycles. The summed E-state index contributed by atoms with van der Waals surface area (Å²) in [4.78, 5) is 13.5. The second-order valence-electron chi connectivity index (χ2n) is 10.5. The number of benzene rings is 1. The van der Waals surface area contributed by atoms with Crippen molar-refractivity contribution in [2.75, 3.05) is 46.6 Å². The predicted molar refractivity (Wildman–Crippen MR) is 144 cm³/mol. The van der Waals surface area contributed by atoms with Crippen LogP contribution in [0.15, 0.2) is 17.0 Å². The molecule has 1 amide bonds. The maximum Gasteiger partial charge on any atom is 0.407 e. The molecule has 1 N–H and O–H groups in total. The lowest BCUT2D eigenvalue weighted by Crippen LogP contribution is -2.40. The third kappa shape index (κ3) is 6.73. The van der Waals surface area contributed by atoms with Crippen molar-refractivity contribution < 1.29 is 33.2 Å². The largest absolute Gasteiger partial charge is 0.496 e. The van der Waals surface area contributed by atoms with Gasteiger partial charge in [0.25, 0.3) is 0 Å². The zero-order valence-corrected chi connectivity index (χ0v) is 23.2. The molecule has 4 heterocycles. The van der Waals surface area contributed by atoms with E-state index in [1.165, 1.54) is 0 Å². The third-order valence-electron chi connectivity index (χ3n) is 7.81. The van der Waals surface area contributed by atoms with Crippen molar-refractivity contribution in [2.24, 2.45) is 11.8 Å². The van der Waals surface area contributed by atoms with Crippen molar-refractivity contribution in [1.29, 1.82) is 0 Å². The number of amides is 1. The van der Waals surface area contributed by atoms with Crippen LogP contribution in [0, 0.1) is 11.8 Å². The molecule has 2 radical (unpaired) electrons. The van der Waals surface area contributed by atoms with Crippen LogP contribution >= 0.6 is 11.9 Å². The van der Waals surface area contributed by atoms with E-state index >= 15 is 0 Å². The molecule has 4 aliphatic heterocycles. The lowest BCUT2D eigenvalue weighted by molar-refractivity contribution is -0.0907. The first-order valence-corrected chi connectivity index (χ1v) is 14.6. The lowest BCUT2D eigenvalue weighted by atomic mass is 9.89. The van der Waals surface area contributed by atoms with Crippen LogP contribution in [0.4, 0.5) is 4.79 Å². The van der Waals surface area contributed by atoms with Crippen LogP contribution in [0.3, 0.4) is 0 Å². The smallest absolute Gasteiger partial charge is 0.407 e. The number of fused-ring (bicyclic) bond motifs is 2. The number of hydrogen-bond donors (Lipinski definition) is 1. The van der Waals surface area contributed by atoms with Gasteiger partial charge in [-0.05, 0) is 74.5 Å². The molecule has 0 aromatic heterocycles. The molecule has 11 heteroatoms. The molecule has 1 aromatic rings. The summed E-state index contributed by atoms with van der Waals surface area (Å²) in [5.41, 5.74) is 1.14. The molecule has 6 unspecified atom stereocenters. The second kappa shape index (κ2) is 13.1. The summed E-state index contributed by atoms with van der Waals surface area (Å²) in [5.74, 6) is 1.78. The minimum atomic E-state index is -0.544. The molecule has 0 saturated carbocycles. The summed E-state index contributed by atoms with van der Waals surface area (Å²) in [5, 5.41) is 2.78. The molecule has 208 valence electrons. The minimum Gasteiger partial charge on any atom is -0.496 e. The molecular formula is C27H39BN2O7S.